The Bertz CT molecular complexity index is 2120. The minimum Gasteiger partial charge on any atom is -0.478 e. The van der Waals surface area contributed by atoms with E-state index in [1.54, 1.807) is 71.6 Å². The van der Waals surface area contributed by atoms with E-state index in [-0.39, 0.29) is 36.8 Å². The van der Waals surface area contributed by atoms with Crippen LogP contribution in [0.2, 0.25) is 0 Å². The van der Waals surface area contributed by atoms with E-state index in [1.807, 2.05) is 0 Å². The molecule has 0 aliphatic carbocycles. The molecule has 0 fully saturated rings. The monoisotopic (exact) mass is 669 g/mol. The number of ether oxygens (including phenoxy) is 2. The second-order valence-corrected chi connectivity index (χ2v) is 11.8. The van der Waals surface area contributed by atoms with Crippen LogP contribution in [-0.2, 0) is 29.1 Å². The summed E-state index contributed by atoms with van der Waals surface area (Å²) < 4.78 is 42.8. The van der Waals surface area contributed by atoms with E-state index in [2.05, 4.69) is 20.3 Å². The van der Waals surface area contributed by atoms with Crippen molar-refractivity contribution >= 4 is 39.4 Å². The number of carboxylic acids is 1. The first-order chi connectivity index (χ1) is 23.2. The Morgan fingerprint density at radius 3 is 2.54 bits per heavy atom. The van der Waals surface area contributed by atoms with Crippen LogP contribution in [0.1, 0.15) is 32.9 Å². The topological polar surface area (TPSA) is 128 Å². The predicted molar refractivity (Wildman–Crippen MR) is 176 cm³/mol. The molecule has 0 saturated carbocycles. The second-order valence-electron chi connectivity index (χ2n) is 10.9. The Morgan fingerprint density at radius 2 is 1.81 bits per heavy atom. The van der Waals surface area contributed by atoms with Crippen LogP contribution in [0.25, 0.3) is 22.3 Å². The van der Waals surface area contributed by atoms with Gasteiger partial charge in [0.2, 0.25) is 5.88 Å². The van der Waals surface area contributed by atoms with Gasteiger partial charge in [-0.25, -0.2) is 28.5 Å². The molecule has 244 valence electrons. The van der Waals surface area contributed by atoms with E-state index in [9.17, 15) is 19.1 Å². The lowest BCUT2D eigenvalue weighted by atomic mass is 10.1. The van der Waals surface area contributed by atoms with Crippen LogP contribution in [0.5, 0.6) is 5.88 Å². The van der Waals surface area contributed by atoms with Crippen molar-refractivity contribution in [2.45, 2.75) is 32.6 Å². The van der Waals surface area contributed by atoms with Gasteiger partial charge in [0, 0.05) is 42.3 Å². The highest BCUT2D eigenvalue weighted by Gasteiger charge is 2.24. The number of aromatic carboxylic acids is 1. The molecular formula is C35H29F2N5O5S. The highest BCUT2D eigenvalue weighted by molar-refractivity contribution is 7.13. The molecule has 6 aromatic rings. The van der Waals surface area contributed by atoms with Gasteiger partial charge in [-0.05, 0) is 54.4 Å². The molecule has 0 saturated heterocycles. The Morgan fingerprint density at radius 1 is 1.00 bits per heavy atom. The Balaban J connectivity index is 1.26. The molecule has 10 nitrogen and oxygen atoms in total. The summed E-state index contributed by atoms with van der Waals surface area (Å²) in [6.45, 7) is 1.77. The Labute approximate surface area is 277 Å². The summed E-state index contributed by atoms with van der Waals surface area (Å²) in [5.41, 5.74) is 3.45. The van der Waals surface area contributed by atoms with Crippen LogP contribution in [0.4, 0.5) is 13.9 Å². The maximum absolute atomic E-state index is 15.7. The van der Waals surface area contributed by atoms with Crippen molar-refractivity contribution < 1.29 is 33.0 Å². The standard InChI is InChI=1S/C35H29F2N5O5S/c1-20-6-7-24(25(36)14-20)19-47-32-5-3-4-27(40-32)22-9-8-21(26(37)15-22)17-31-39-28-11-10-23(34(44)45)16-29(28)42(31)18-30(46-2)33(43)41-35-38-12-13-48-35/h3-16,30H,17-19H2,1-2H3,(H,44,45)(H,38,41,43)/t30-/m0/s1. The van der Waals surface area contributed by atoms with Crippen molar-refractivity contribution in [3.8, 4) is 17.1 Å². The lowest BCUT2D eigenvalue weighted by Crippen LogP contribution is -2.34. The fraction of sp³-hybridized carbons (Fsp3) is 0.171. The third kappa shape index (κ3) is 7.22. The first-order valence-corrected chi connectivity index (χ1v) is 15.7. The van der Waals surface area contributed by atoms with Gasteiger partial charge < -0.3 is 19.1 Å². The van der Waals surface area contributed by atoms with Gasteiger partial charge in [0.15, 0.2) is 11.2 Å². The molecule has 0 aliphatic heterocycles. The molecule has 48 heavy (non-hydrogen) atoms. The maximum Gasteiger partial charge on any atom is 0.335 e. The number of thiazole rings is 1. The fourth-order valence-electron chi connectivity index (χ4n) is 5.14. The largest absolute Gasteiger partial charge is 0.478 e. The van der Waals surface area contributed by atoms with Gasteiger partial charge in [0.1, 0.15) is 24.1 Å². The second kappa shape index (κ2) is 14.1. The zero-order valence-corrected chi connectivity index (χ0v) is 26.6. The van der Waals surface area contributed by atoms with Gasteiger partial charge in [-0.1, -0.05) is 30.3 Å². The number of aromatic nitrogens is 4. The number of halogens is 2. The Kier molecular flexibility index (Phi) is 9.50. The molecule has 1 atom stereocenters. The molecule has 13 heteroatoms. The number of carboxylic acid groups (broad SMARTS) is 1. The molecule has 3 aromatic heterocycles. The van der Waals surface area contributed by atoms with Crippen LogP contribution in [0, 0.1) is 18.6 Å². The molecule has 0 aliphatic rings. The summed E-state index contributed by atoms with van der Waals surface area (Å²) >= 11 is 1.25. The van der Waals surface area contributed by atoms with E-state index >= 15 is 4.39 Å². The zero-order valence-electron chi connectivity index (χ0n) is 25.8. The number of imidazole rings is 1. The molecule has 2 N–H and O–H groups in total. The van der Waals surface area contributed by atoms with Crippen molar-refractivity contribution in [1.82, 2.24) is 19.5 Å². The van der Waals surface area contributed by atoms with Crippen molar-refractivity contribution in [2.75, 3.05) is 12.4 Å². The number of hydrogen-bond donors (Lipinski definition) is 2. The number of benzene rings is 3. The molecule has 1 amide bonds. The first-order valence-electron chi connectivity index (χ1n) is 14.8. The quantitative estimate of drug-likeness (QED) is 0.148. The lowest BCUT2D eigenvalue weighted by Gasteiger charge is -2.18. The lowest BCUT2D eigenvalue weighted by molar-refractivity contribution is -0.126. The van der Waals surface area contributed by atoms with Gasteiger partial charge in [-0.2, -0.15) is 0 Å². The van der Waals surface area contributed by atoms with E-state index < -0.39 is 23.8 Å². The normalized spacial score (nSPS) is 11.8. The first kappa shape index (κ1) is 32.4. The van der Waals surface area contributed by atoms with Gasteiger partial charge >= 0.3 is 5.97 Å². The highest BCUT2D eigenvalue weighted by atomic mass is 32.1. The van der Waals surface area contributed by atoms with Crippen LogP contribution >= 0.6 is 11.3 Å². The molecule has 3 aromatic carbocycles. The molecule has 0 radical (unpaired) electrons. The smallest absolute Gasteiger partial charge is 0.335 e. The number of amides is 1. The molecular weight excluding hydrogens is 640 g/mol. The number of anilines is 1. The summed E-state index contributed by atoms with van der Waals surface area (Å²) in [6, 6.07) is 19.2. The number of nitrogens with one attached hydrogen (secondary N) is 1. The van der Waals surface area contributed by atoms with Crippen molar-refractivity contribution in [2.24, 2.45) is 0 Å². The molecule has 0 spiro atoms. The van der Waals surface area contributed by atoms with Crippen molar-refractivity contribution in [1.29, 1.82) is 0 Å². The van der Waals surface area contributed by atoms with Crippen LogP contribution in [-0.4, -0.2) is 49.7 Å². The summed E-state index contributed by atoms with van der Waals surface area (Å²) in [5, 5.41) is 14.4. The number of rotatable bonds is 12. The summed E-state index contributed by atoms with van der Waals surface area (Å²) in [4.78, 5) is 38.0. The van der Waals surface area contributed by atoms with Crippen molar-refractivity contribution in [3.05, 3.63) is 124 Å². The minimum absolute atomic E-state index is 0.0126. The summed E-state index contributed by atoms with van der Waals surface area (Å²) in [6.07, 6.45) is 0.604. The molecule has 0 bridgehead atoms. The minimum atomic E-state index is -1.12. The van der Waals surface area contributed by atoms with Crippen LogP contribution in [0.15, 0.2) is 84.4 Å². The molecule has 6 rings (SSSR count). The average Bonchev–Trinajstić information content (AvgIpc) is 3.71. The molecule has 3 heterocycles. The third-order valence-corrected chi connectivity index (χ3v) is 8.36. The number of fused-ring (bicyclic) bond motifs is 1. The highest BCUT2D eigenvalue weighted by Crippen LogP contribution is 2.27. The SMILES string of the molecule is CO[C@@H](Cn1c(Cc2ccc(-c3cccc(OCc4ccc(C)cc4F)n3)cc2F)nc2ccc(C(=O)O)cc21)C(=O)Nc1nccs1. The average molecular weight is 670 g/mol. The number of carbonyl (C=O) groups is 2. The van der Waals surface area contributed by atoms with Gasteiger partial charge in [0.05, 0.1) is 28.8 Å². The molecule has 0 unspecified atom stereocenters. The number of nitrogens with zero attached hydrogens (tertiary/aromatic N) is 4. The number of hydrogen-bond acceptors (Lipinski definition) is 8. The van der Waals surface area contributed by atoms with Crippen LogP contribution < -0.4 is 10.1 Å². The van der Waals surface area contributed by atoms with Crippen LogP contribution in [0.3, 0.4) is 0 Å². The number of methoxy groups -OCH3 is 1. The number of pyridine rings is 1. The summed E-state index contributed by atoms with van der Waals surface area (Å²) in [7, 11) is 1.39. The van der Waals surface area contributed by atoms with E-state index in [4.69, 9.17) is 9.47 Å². The van der Waals surface area contributed by atoms with E-state index in [0.717, 1.165) is 5.56 Å². The van der Waals surface area contributed by atoms with E-state index in [0.29, 0.717) is 44.4 Å². The fourth-order valence-corrected chi connectivity index (χ4v) is 5.67. The predicted octanol–water partition coefficient (Wildman–Crippen LogP) is 6.66. The zero-order chi connectivity index (χ0) is 33.8. The third-order valence-electron chi connectivity index (χ3n) is 7.67. The van der Waals surface area contributed by atoms with E-state index in [1.165, 1.54) is 42.7 Å². The maximum atomic E-state index is 15.7. The summed E-state index contributed by atoms with van der Waals surface area (Å²) in [5.74, 6) is -1.79. The van der Waals surface area contributed by atoms with Gasteiger partial charge in [-0.15, -0.1) is 11.3 Å². The number of aryl methyl sites for hydroxylation is 1. The van der Waals surface area contributed by atoms with Crippen molar-refractivity contribution in [3.63, 3.8) is 0 Å². The Hall–Kier alpha value is -5.53. The van der Waals surface area contributed by atoms with Gasteiger partial charge in [0.25, 0.3) is 5.91 Å². The van der Waals surface area contributed by atoms with Gasteiger partial charge in [-0.3, -0.25) is 10.1 Å². The number of carbonyl (C=O) groups excluding carboxylic acids is 1.